The van der Waals surface area contributed by atoms with E-state index in [9.17, 15) is 9.59 Å². The summed E-state index contributed by atoms with van der Waals surface area (Å²) in [7, 11) is 0. The van der Waals surface area contributed by atoms with Gasteiger partial charge in [-0.15, -0.1) is 0 Å². The average molecular weight is 433 g/mol. The number of carboxylic acid groups (broad SMARTS) is 1. The Bertz CT molecular complexity index is 714. The van der Waals surface area contributed by atoms with Gasteiger partial charge in [-0.2, -0.15) is 0 Å². The predicted molar refractivity (Wildman–Crippen MR) is 88.2 cm³/mol. The minimum absolute atomic E-state index is 0.00109. The molecule has 2 aromatic carbocycles. The van der Waals surface area contributed by atoms with Crippen LogP contribution in [0.5, 0.6) is 0 Å². The first-order chi connectivity index (χ1) is 9.88. The number of amides is 1. The summed E-state index contributed by atoms with van der Waals surface area (Å²) in [5.41, 5.74) is 0.520. The van der Waals surface area contributed by atoms with Crippen LogP contribution < -0.4 is 5.32 Å². The molecule has 0 aromatic heterocycles. The number of aromatic carboxylic acids is 1. The van der Waals surface area contributed by atoms with Crippen LogP contribution >= 0.6 is 43.5 Å². The maximum atomic E-state index is 12.2. The van der Waals surface area contributed by atoms with Gasteiger partial charge in [0.05, 0.1) is 11.3 Å². The molecule has 0 spiro atoms. The highest BCUT2D eigenvalue weighted by Crippen LogP contribution is 2.28. The Balaban J connectivity index is 2.38. The van der Waals surface area contributed by atoms with E-state index in [4.69, 9.17) is 16.7 Å². The van der Waals surface area contributed by atoms with Gasteiger partial charge >= 0.3 is 5.97 Å². The molecular weight excluding hydrogens is 425 g/mol. The Kier molecular flexibility index (Phi) is 5.03. The highest BCUT2D eigenvalue weighted by Gasteiger charge is 2.16. The number of para-hydroxylation sites is 1. The number of carbonyl (C=O) groups excluding carboxylic acids is 1. The van der Waals surface area contributed by atoms with E-state index in [-0.39, 0.29) is 11.3 Å². The molecule has 0 saturated heterocycles. The molecule has 0 heterocycles. The SMILES string of the molecule is O=C(Nc1c(Br)cccc1C(=O)O)c1cc(Cl)cc(Br)c1. The number of hydrogen-bond acceptors (Lipinski definition) is 2. The number of hydrogen-bond donors (Lipinski definition) is 2. The van der Waals surface area contributed by atoms with Crippen molar-refractivity contribution in [2.45, 2.75) is 0 Å². The molecule has 0 unspecified atom stereocenters. The van der Waals surface area contributed by atoms with E-state index >= 15 is 0 Å². The highest BCUT2D eigenvalue weighted by molar-refractivity contribution is 9.10. The summed E-state index contributed by atoms with van der Waals surface area (Å²) < 4.78 is 1.14. The smallest absolute Gasteiger partial charge is 0.337 e. The first-order valence-electron chi connectivity index (χ1n) is 5.67. The molecule has 1 amide bonds. The first kappa shape index (κ1) is 16.0. The van der Waals surface area contributed by atoms with Crippen LogP contribution in [0.25, 0.3) is 0 Å². The number of rotatable bonds is 3. The van der Waals surface area contributed by atoms with Crippen LogP contribution in [0.3, 0.4) is 0 Å². The van der Waals surface area contributed by atoms with Crippen LogP contribution in [0.4, 0.5) is 5.69 Å². The van der Waals surface area contributed by atoms with Gasteiger partial charge in [0.25, 0.3) is 5.91 Å². The number of halogens is 3. The van der Waals surface area contributed by atoms with Gasteiger partial charge in [0.15, 0.2) is 0 Å². The third-order valence-electron chi connectivity index (χ3n) is 2.61. The van der Waals surface area contributed by atoms with Gasteiger partial charge in [-0.05, 0) is 46.3 Å². The Hall–Kier alpha value is -1.37. The molecule has 0 aliphatic rings. The third kappa shape index (κ3) is 3.84. The van der Waals surface area contributed by atoms with E-state index in [1.54, 1.807) is 24.3 Å². The second-order valence-electron chi connectivity index (χ2n) is 4.08. The lowest BCUT2D eigenvalue weighted by atomic mass is 10.1. The molecule has 0 saturated carbocycles. The fraction of sp³-hybridized carbons (Fsp3) is 0. The van der Waals surface area contributed by atoms with Gasteiger partial charge in [-0.1, -0.05) is 33.6 Å². The summed E-state index contributed by atoms with van der Waals surface area (Å²) >= 11 is 12.4. The Morgan fingerprint density at radius 1 is 1.14 bits per heavy atom. The topological polar surface area (TPSA) is 66.4 Å². The molecule has 108 valence electrons. The van der Waals surface area contributed by atoms with Gasteiger partial charge in [-0.3, -0.25) is 4.79 Å². The zero-order valence-corrected chi connectivity index (χ0v) is 14.3. The predicted octanol–water partition coefficient (Wildman–Crippen LogP) is 4.82. The van der Waals surface area contributed by atoms with Crippen molar-refractivity contribution in [3.63, 3.8) is 0 Å². The molecule has 0 radical (unpaired) electrons. The highest BCUT2D eigenvalue weighted by atomic mass is 79.9. The zero-order chi connectivity index (χ0) is 15.6. The second-order valence-corrected chi connectivity index (χ2v) is 6.29. The average Bonchev–Trinajstić information content (AvgIpc) is 2.39. The van der Waals surface area contributed by atoms with Gasteiger partial charge in [0.1, 0.15) is 0 Å². The van der Waals surface area contributed by atoms with E-state index in [1.165, 1.54) is 12.1 Å². The molecule has 0 aliphatic heterocycles. The van der Waals surface area contributed by atoms with Crippen molar-refractivity contribution in [3.05, 3.63) is 61.5 Å². The molecule has 0 atom stereocenters. The van der Waals surface area contributed by atoms with Crippen LogP contribution in [-0.4, -0.2) is 17.0 Å². The van der Waals surface area contributed by atoms with Crippen molar-refractivity contribution >= 4 is 61.0 Å². The fourth-order valence-corrected chi connectivity index (χ4v) is 3.03. The Morgan fingerprint density at radius 3 is 2.48 bits per heavy atom. The third-order valence-corrected chi connectivity index (χ3v) is 3.94. The van der Waals surface area contributed by atoms with Crippen LogP contribution in [0, 0.1) is 0 Å². The van der Waals surface area contributed by atoms with Crippen molar-refractivity contribution in [1.29, 1.82) is 0 Å². The maximum absolute atomic E-state index is 12.2. The molecular formula is C14H8Br2ClNO3. The quantitative estimate of drug-likeness (QED) is 0.730. The van der Waals surface area contributed by atoms with Gasteiger partial charge < -0.3 is 10.4 Å². The number of benzene rings is 2. The van der Waals surface area contributed by atoms with Crippen LogP contribution in [0.2, 0.25) is 5.02 Å². The van der Waals surface area contributed by atoms with Crippen molar-refractivity contribution in [2.75, 3.05) is 5.32 Å². The Morgan fingerprint density at radius 2 is 1.86 bits per heavy atom. The molecule has 2 rings (SSSR count). The Labute approximate surface area is 142 Å². The number of carbonyl (C=O) groups is 2. The normalized spacial score (nSPS) is 10.2. The number of nitrogens with one attached hydrogen (secondary N) is 1. The van der Waals surface area contributed by atoms with E-state index in [2.05, 4.69) is 37.2 Å². The van der Waals surface area contributed by atoms with Crippen LogP contribution in [0.1, 0.15) is 20.7 Å². The van der Waals surface area contributed by atoms with E-state index in [0.29, 0.717) is 19.5 Å². The van der Waals surface area contributed by atoms with Gasteiger partial charge in [0, 0.05) is 19.5 Å². The molecule has 7 heteroatoms. The van der Waals surface area contributed by atoms with E-state index in [1.807, 2.05) is 0 Å². The minimum atomic E-state index is -1.13. The lowest BCUT2D eigenvalue weighted by Crippen LogP contribution is -2.15. The zero-order valence-electron chi connectivity index (χ0n) is 10.4. The van der Waals surface area contributed by atoms with Crippen molar-refractivity contribution in [2.24, 2.45) is 0 Å². The summed E-state index contributed by atoms with van der Waals surface area (Å²) in [5.74, 6) is -1.58. The van der Waals surface area contributed by atoms with Crippen molar-refractivity contribution < 1.29 is 14.7 Å². The summed E-state index contributed by atoms with van der Waals surface area (Å²) in [6.45, 7) is 0. The minimum Gasteiger partial charge on any atom is -0.478 e. The molecule has 0 aliphatic carbocycles. The standard InChI is InChI=1S/C14H8Br2ClNO3/c15-8-4-7(5-9(17)6-8)13(19)18-12-10(14(20)21)2-1-3-11(12)16/h1-6H,(H,18,19)(H,20,21). The molecule has 2 aromatic rings. The monoisotopic (exact) mass is 431 g/mol. The fourth-order valence-electron chi connectivity index (χ4n) is 1.70. The number of anilines is 1. The van der Waals surface area contributed by atoms with E-state index < -0.39 is 11.9 Å². The van der Waals surface area contributed by atoms with Gasteiger partial charge in [0.2, 0.25) is 0 Å². The first-order valence-corrected chi connectivity index (χ1v) is 7.64. The largest absolute Gasteiger partial charge is 0.478 e. The van der Waals surface area contributed by atoms with Crippen molar-refractivity contribution in [3.8, 4) is 0 Å². The lowest BCUT2D eigenvalue weighted by molar-refractivity contribution is 0.0698. The van der Waals surface area contributed by atoms with Crippen LogP contribution in [0.15, 0.2) is 45.3 Å². The van der Waals surface area contributed by atoms with Crippen LogP contribution in [-0.2, 0) is 0 Å². The van der Waals surface area contributed by atoms with E-state index in [0.717, 1.165) is 0 Å². The maximum Gasteiger partial charge on any atom is 0.337 e. The van der Waals surface area contributed by atoms with Gasteiger partial charge in [-0.25, -0.2) is 4.79 Å². The summed E-state index contributed by atoms with van der Waals surface area (Å²) in [6.07, 6.45) is 0. The molecule has 21 heavy (non-hydrogen) atoms. The molecule has 0 bridgehead atoms. The van der Waals surface area contributed by atoms with Crippen molar-refractivity contribution in [1.82, 2.24) is 0 Å². The second kappa shape index (κ2) is 6.60. The molecule has 2 N–H and O–H groups in total. The molecule has 0 fully saturated rings. The summed E-state index contributed by atoms with van der Waals surface area (Å²) in [5, 5.41) is 12.1. The summed E-state index contributed by atoms with van der Waals surface area (Å²) in [4.78, 5) is 23.4. The number of carboxylic acids is 1. The molecule has 4 nitrogen and oxygen atoms in total. The summed E-state index contributed by atoms with van der Waals surface area (Å²) in [6, 6.07) is 9.39. The lowest BCUT2D eigenvalue weighted by Gasteiger charge is -2.11.